The molecule has 0 aromatic heterocycles. The zero-order valence-electron chi connectivity index (χ0n) is 12.5. The molecule has 0 heterocycles. The molecule has 3 rings (SSSR count). The van der Waals surface area contributed by atoms with E-state index in [-0.39, 0.29) is 16.4 Å². The van der Waals surface area contributed by atoms with Gasteiger partial charge < -0.3 is 9.79 Å². The number of Topliss-reactive ketones (excluding diaryl/α,β-unsaturated/α-hetero) is 1. The molecule has 0 fully saturated rings. The summed E-state index contributed by atoms with van der Waals surface area (Å²) in [6.45, 7) is 5.11. The van der Waals surface area contributed by atoms with Gasteiger partial charge in [0.2, 0.25) is 0 Å². The van der Waals surface area contributed by atoms with Crippen molar-refractivity contribution in [1.29, 1.82) is 0 Å². The number of benzene rings is 3. The van der Waals surface area contributed by atoms with E-state index in [0.717, 1.165) is 10.8 Å². The van der Waals surface area contributed by atoms with Crippen LogP contribution in [0.1, 0.15) is 17.3 Å². The molecule has 0 bridgehead atoms. The zero-order valence-corrected chi connectivity index (χ0v) is 13.4. The summed E-state index contributed by atoms with van der Waals surface area (Å²) in [7, 11) is -4.63. The predicted molar refractivity (Wildman–Crippen MR) is 92.3 cm³/mol. The van der Waals surface area contributed by atoms with Crippen molar-refractivity contribution in [3.8, 4) is 0 Å². The molecule has 3 aromatic rings. The van der Waals surface area contributed by atoms with Crippen molar-refractivity contribution >= 4 is 40.2 Å². The van der Waals surface area contributed by atoms with Gasteiger partial charge in [-0.2, -0.15) is 0 Å². The highest BCUT2D eigenvalue weighted by Gasteiger charge is 2.28. The molecule has 2 N–H and O–H groups in total. The Morgan fingerprint density at radius 3 is 2.17 bits per heavy atom. The monoisotopic (exact) mass is 326 g/mol. The topological polar surface area (TPSA) is 74.6 Å². The third-order valence-corrected chi connectivity index (χ3v) is 4.85. The van der Waals surface area contributed by atoms with E-state index >= 15 is 0 Å². The maximum absolute atomic E-state index is 12.3. The first-order valence-electron chi connectivity index (χ1n) is 7.01. The van der Waals surface area contributed by atoms with Gasteiger partial charge in [0.15, 0.2) is 5.78 Å². The highest BCUT2D eigenvalue weighted by Crippen LogP contribution is 2.39. The molecule has 0 saturated heterocycles. The molecule has 0 aliphatic rings. The molecule has 0 radical (unpaired) electrons. The van der Waals surface area contributed by atoms with Crippen molar-refractivity contribution in [2.75, 3.05) is 0 Å². The first-order chi connectivity index (χ1) is 10.8. The highest BCUT2D eigenvalue weighted by molar-refractivity contribution is 7.61. The Morgan fingerprint density at radius 1 is 1.00 bits per heavy atom. The summed E-state index contributed by atoms with van der Waals surface area (Å²) in [6.07, 6.45) is 0. The van der Waals surface area contributed by atoms with Gasteiger partial charge in [-0.3, -0.25) is 9.36 Å². The first-order valence-corrected chi connectivity index (χ1v) is 8.62. The average molecular weight is 326 g/mol. The predicted octanol–water partition coefficient (Wildman–Crippen LogP) is 3.55. The van der Waals surface area contributed by atoms with Crippen LogP contribution in [0.3, 0.4) is 0 Å². The molecular weight excluding hydrogens is 311 g/mol. The maximum Gasteiger partial charge on any atom is 0.357 e. The molecule has 0 spiro atoms. The Morgan fingerprint density at radius 2 is 1.61 bits per heavy atom. The van der Waals surface area contributed by atoms with Gasteiger partial charge in [0.25, 0.3) is 0 Å². The van der Waals surface area contributed by atoms with E-state index in [9.17, 15) is 19.1 Å². The SMILES string of the molecule is C=C(C)C(=O)c1ccc2cc3ccccc3cc2c1P(=O)(O)O. The van der Waals surface area contributed by atoms with E-state index in [1.54, 1.807) is 12.1 Å². The minimum absolute atomic E-state index is 0.00798. The van der Waals surface area contributed by atoms with E-state index in [0.29, 0.717) is 10.8 Å². The average Bonchev–Trinajstić information content (AvgIpc) is 2.49. The van der Waals surface area contributed by atoms with Gasteiger partial charge in [-0.05, 0) is 52.2 Å². The van der Waals surface area contributed by atoms with Crippen LogP contribution in [-0.4, -0.2) is 15.6 Å². The minimum Gasteiger partial charge on any atom is -0.321 e. The summed E-state index contributed by atoms with van der Waals surface area (Å²) in [5.41, 5.74) is 0.244. The van der Waals surface area contributed by atoms with Crippen LogP contribution in [0.15, 0.2) is 60.7 Å². The summed E-state index contributed by atoms with van der Waals surface area (Å²) in [5.74, 6) is -0.460. The Kier molecular flexibility index (Phi) is 3.69. The van der Waals surface area contributed by atoms with Gasteiger partial charge in [0, 0.05) is 5.56 Å². The van der Waals surface area contributed by atoms with Crippen molar-refractivity contribution in [2.24, 2.45) is 0 Å². The smallest absolute Gasteiger partial charge is 0.321 e. The second-order valence-corrected chi connectivity index (χ2v) is 7.07. The van der Waals surface area contributed by atoms with Crippen LogP contribution in [-0.2, 0) is 4.57 Å². The summed E-state index contributed by atoms with van der Waals surface area (Å²) in [4.78, 5) is 31.9. The quantitative estimate of drug-likeness (QED) is 0.334. The van der Waals surface area contributed by atoms with E-state index in [4.69, 9.17) is 0 Å². The van der Waals surface area contributed by atoms with Crippen LogP contribution in [0.4, 0.5) is 0 Å². The lowest BCUT2D eigenvalue weighted by Gasteiger charge is -2.14. The molecule has 116 valence electrons. The number of fused-ring (bicyclic) bond motifs is 2. The van der Waals surface area contributed by atoms with Crippen molar-refractivity contribution in [1.82, 2.24) is 0 Å². The largest absolute Gasteiger partial charge is 0.357 e. The van der Waals surface area contributed by atoms with Crippen LogP contribution in [0.5, 0.6) is 0 Å². The Balaban J connectivity index is 2.48. The van der Waals surface area contributed by atoms with E-state index in [1.165, 1.54) is 13.0 Å². The molecule has 0 atom stereocenters. The Labute approximate surface area is 133 Å². The van der Waals surface area contributed by atoms with E-state index in [2.05, 4.69) is 6.58 Å². The fourth-order valence-corrected chi connectivity index (χ4v) is 3.72. The third-order valence-electron chi connectivity index (χ3n) is 3.78. The second-order valence-electron chi connectivity index (χ2n) is 5.54. The van der Waals surface area contributed by atoms with Gasteiger partial charge in [0.05, 0.1) is 5.30 Å². The van der Waals surface area contributed by atoms with Gasteiger partial charge in [-0.1, -0.05) is 36.9 Å². The van der Waals surface area contributed by atoms with Crippen LogP contribution in [0.2, 0.25) is 0 Å². The molecule has 0 unspecified atom stereocenters. The lowest BCUT2D eigenvalue weighted by Crippen LogP contribution is -2.17. The number of carbonyl (C=O) groups is 1. The Bertz CT molecular complexity index is 1010. The van der Waals surface area contributed by atoms with Crippen LogP contribution < -0.4 is 5.30 Å². The fourth-order valence-electron chi connectivity index (χ4n) is 2.72. The van der Waals surface area contributed by atoms with Crippen LogP contribution >= 0.6 is 7.60 Å². The van der Waals surface area contributed by atoms with Crippen molar-refractivity contribution in [3.63, 3.8) is 0 Å². The lowest BCUT2D eigenvalue weighted by molar-refractivity contribution is 0.103. The molecule has 0 aliphatic heterocycles. The molecule has 23 heavy (non-hydrogen) atoms. The number of rotatable bonds is 3. The summed E-state index contributed by atoms with van der Waals surface area (Å²) in [6, 6.07) is 14.3. The molecule has 0 amide bonds. The standard InChI is InChI=1S/C18H15O4P/c1-11(2)17(19)15-8-7-14-9-12-5-3-4-6-13(12)10-16(14)18(15)23(20,21)22/h3-10H,1H2,2H3,(H2,20,21,22). The first kappa shape index (κ1) is 15.6. The summed E-state index contributed by atoms with van der Waals surface area (Å²) >= 11 is 0. The van der Waals surface area contributed by atoms with Crippen molar-refractivity contribution < 1.29 is 19.1 Å². The fraction of sp³-hybridized carbons (Fsp3) is 0.0556. The van der Waals surface area contributed by atoms with Gasteiger partial charge in [-0.15, -0.1) is 0 Å². The number of hydrogen-bond acceptors (Lipinski definition) is 2. The highest BCUT2D eigenvalue weighted by atomic mass is 31.2. The Hall–Kier alpha value is -2.26. The number of carbonyl (C=O) groups excluding carboxylic acids is 1. The van der Waals surface area contributed by atoms with E-state index in [1.807, 2.05) is 30.3 Å². The zero-order chi connectivity index (χ0) is 16.8. The molecule has 4 nitrogen and oxygen atoms in total. The lowest BCUT2D eigenvalue weighted by atomic mass is 9.98. The van der Waals surface area contributed by atoms with E-state index < -0.39 is 13.4 Å². The van der Waals surface area contributed by atoms with Gasteiger partial charge in [-0.25, -0.2) is 0 Å². The number of hydrogen-bond donors (Lipinski definition) is 2. The third kappa shape index (κ3) is 2.73. The van der Waals surface area contributed by atoms with Gasteiger partial charge >= 0.3 is 7.60 Å². The summed E-state index contributed by atoms with van der Waals surface area (Å²) in [5, 5.41) is 2.67. The molecule has 0 saturated carbocycles. The minimum atomic E-state index is -4.63. The molecule has 0 aliphatic carbocycles. The molecular formula is C18H15O4P. The normalized spacial score (nSPS) is 11.8. The van der Waals surface area contributed by atoms with Crippen LogP contribution in [0.25, 0.3) is 21.5 Å². The maximum atomic E-state index is 12.3. The van der Waals surface area contributed by atoms with Crippen molar-refractivity contribution in [3.05, 3.63) is 66.2 Å². The number of ketones is 1. The second kappa shape index (κ2) is 5.43. The van der Waals surface area contributed by atoms with Crippen LogP contribution in [0, 0.1) is 0 Å². The molecule has 3 aromatic carbocycles. The number of allylic oxidation sites excluding steroid dienone is 1. The van der Waals surface area contributed by atoms with Crippen molar-refractivity contribution in [2.45, 2.75) is 6.92 Å². The van der Waals surface area contributed by atoms with Gasteiger partial charge in [0.1, 0.15) is 0 Å². The summed E-state index contributed by atoms with van der Waals surface area (Å²) < 4.78 is 12.0. The molecule has 5 heteroatoms.